The first-order valence-corrected chi connectivity index (χ1v) is 6.23. The van der Waals surface area contributed by atoms with Gasteiger partial charge in [-0.3, -0.25) is 9.67 Å². The highest BCUT2D eigenvalue weighted by molar-refractivity contribution is 7.71. The number of aromatic amines is 1. The summed E-state index contributed by atoms with van der Waals surface area (Å²) in [6.45, 7) is 4.70. The van der Waals surface area contributed by atoms with E-state index in [9.17, 15) is 0 Å². The molecule has 0 fully saturated rings. The largest absolute Gasteiger partial charge is 0.444 e. The number of rotatable bonds is 5. The second-order valence-electron chi connectivity index (χ2n) is 3.85. The van der Waals surface area contributed by atoms with Crippen molar-refractivity contribution in [2.45, 2.75) is 39.7 Å². The number of nitrogens with one attached hydrogen (secondary N) is 1. The van der Waals surface area contributed by atoms with Crippen molar-refractivity contribution in [3.63, 3.8) is 0 Å². The molecule has 2 rings (SSSR count). The number of aryl methyl sites for hydroxylation is 2. The third-order valence-corrected chi connectivity index (χ3v) is 2.87. The van der Waals surface area contributed by atoms with Crippen molar-refractivity contribution in [1.82, 2.24) is 19.7 Å². The van der Waals surface area contributed by atoms with Crippen molar-refractivity contribution in [2.24, 2.45) is 0 Å². The standard InChI is InChI=1S/C11H16N4OS/c1-3-5-9-13-14-11(17)15(9)7-10-12-6-8(4-2)16-10/h6H,3-5,7H2,1-2H3,(H,14,17). The predicted octanol–water partition coefficient (Wildman–Crippen LogP) is 2.49. The van der Waals surface area contributed by atoms with Gasteiger partial charge in [-0.15, -0.1) is 0 Å². The highest BCUT2D eigenvalue weighted by atomic mass is 32.1. The lowest BCUT2D eigenvalue weighted by molar-refractivity contribution is 0.441. The van der Waals surface area contributed by atoms with Crippen LogP contribution in [0.4, 0.5) is 0 Å². The van der Waals surface area contributed by atoms with Crippen LogP contribution in [-0.2, 0) is 19.4 Å². The lowest BCUT2D eigenvalue weighted by atomic mass is 10.3. The van der Waals surface area contributed by atoms with Crippen molar-refractivity contribution < 1.29 is 4.42 Å². The molecule has 0 aromatic carbocycles. The number of hydrogen-bond acceptors (Lipinski definition) is 4. The average molecular weight is 252 g/mol. The van der Waals surface area contributed by atoms with E-state index < -0.39 is 0 Å². The van der Waals surface area contributed by atoms with Crippen molar-refractivity contribution in [1.29, 1.82) is 0 Å². The molecule has 1 N–H and O–H groups in total. The summed E-state index contributed by atoms with van der Waals surface area (Å²) in [6.07, 6.45) is 4.55. The van der Waals surface area contributed by atoms with E-state index in [4.69, 9.17) is 16.6 Å². The van der Waals surface area contributed by atoms with Gasteiger partial charge in [0.15, 0.2) is 4.77 Å². The molecule has 2 aromatic rings. The highest BCUT2D eigenvalue weighted by Crippen LogP contribution is 2.09. The maximum Gasteiger partial charge on any atom is 0.214 e. The van der Waals surface area contributed by atoms with E-state index in [0.29, 0.717) is 17.2 Å². The topological polar surface area (TPSA) is 59.6 Å². The van der Waals surface area contributed by atoms with Gasteiger partial charge in [-0.1, -0.05) is 13.8 Å². The van der Waals surface area contributed by atoms with E-state index in [1.165, 1.54) is 0 Å². The number of oxazole rings is 1. The molecule has 0 atom stereocenters. The van der Waals surface area contributed by atoms with Crippen LogP contribution >= 0.6 is 12.2 Å². The Bertz CT molecular complexity index is 540. The van der Waals surface area contributed by atoms with Crippen molar-refractivity contribution >= 4 is 12.2 Å². The number of hydrogen-bond donors (Lipinski definition) is 1. The van der Waals surface area contributed by atoms with Crippen LogP contribution in [0.1, 0.15) is 37.7 Å². The molecule has 0 aliphatic rings. The van der Waals surface area contributed by atoms with Gasteiger partial charge in [-0.2, -0.15) is 5.10 Å². The van der Waals surface area contributed by atoms with Crippen molar-refractivity contribution in [2.75, 3.05) is 0 Å². The van der Waals surface area contributed by atoms with Gasteiger partial charge in [0.25, 0.3) is 0 Å². The maximum atomic E-state index is 5.57. The zero-order valence-electron chi connectivity index (χ0n) is 10.1. The summed E-state index contributed by atoms with van der Waals surface area (Å²) in [7, 11) is 0. The Kier molecular flexibility index (Phi) is 3.73. The van der Waals surface area contributed by atoms with Crippen molar-refractivity contribution in [3.05, 3.63) is 28.4 Å². The van der Waals surface area contributed by atoms with E-state index in [1.807, 2.05) is 11.5 Å². The number of aromatic nitrogens is 4. The Hall–Kier alpha value is -1.43. The normalized spacial score (nSPS) is 10.9. The minimum Gasteiger partial charge on any atom is -0.444 e. The van der Waals surface area contributed by atoms with Gasteiger partial charge in [-0.05, 0) is 18.6 Å². The first-order chi connectivity index (χ1) is 8.24. The van der Waals surface area contributed by atoms with Crippen LogP contribution in [0.25, 0.3) is 0 Å². The quantitative estimate of drug-likeness (QED) is 0.831. The second-order valence-corrected chi connectivity index (χ2v) is 4.24. The lowest BCUT2D eigenvalue weighted by Gasteiger charge is -2.02. The Morgan fingerprint density at radius 3 is 2.94 bits per heavy atom. The minimum atomic E-state index is 0.546. The lowest BCUT2D eigenvalue weighted by Crippen LogP contribution is -2.05. The van der Waals surface area contributed by atoms with E-state index in [2.05, 4.69) is 22.1 Å². The first kappa shape index (κ1) is 12.0. The van der Waals surface area contributed by atoms with E-state index in [-0.39, 0.29) is 0 Å². The number of nitrogens with zero attached hydrogens (tertiary/aromatic N) is 3. The Morgan fingerprint density at radius 2 is 2.29 bits per heavy atom. The minimum absolute atomic E-state index is 0.546. The van der Waals surface area contributed by atoms with Gasteiger partial charge < -0.3 is 4.42 Å². The molecule has 0 amide bonds. The van der Waals surface area contributed by atoms with Gasteiger partial charge in [0.1, 0.15) is 18.1 Å². The molecule has 17 heavy (non-hydrogen) atoms. The second kappa shape index (κ2) is 5.27. The van der Waals surface area contributed by atoms with Crippen LogP contribution < -0.4 is 0 Å². The summed E-state index contributed by atoms with van der Waals surface area (Å²) in [5.41, 5.74) is 0. The molecule has 0 spiro atoms. The van der Waals surface area contributed by atoms with E-state index in [0.717, 1.165) is 30.8 Å². The van der Waals surface area contributed by atoms with Crippen LogP contribution in [0, 0.1) is 4.77 Å². The molecule has 2 aromatic heterocycles. The van der Waals surface area contributed by atoms with Gasteiger partial charge in [0, 0.05) is 12.8 Å². The Balaban J connectivity index is 2.22. The molecule has 92 valence electrons. The number of H-pyrrole nitrogens is 1. The molecular weight excluding hydrogens is 236 g/mol. The molecule has 0 aliphatic carbocycles. The Labute approximate surface area is 105 Å². The summed E-state index contributed by atoms with van der Waals surface area (Å²) in [4.78, 5) is 4.23. The Morgan fingerprint density at radius 1 is 1.47 bits per heavy atom. The molecule has 0 aliphatic heterocycles. The van der Waals surface area contributed by atoms with Gasteiger partial charge in [-0.25, -0.2) is 4.98 Å². The van der Waals surface area contributed by atoms with E-state index in [1.54, 1.807) is 6.20 Å². The fourth-order valence-electron chi connectivity index (χ4n) is 1.65. The first-order valence-electron chi connectivity index (χ1n) is 5.82. The summed E-state index contributed by atoms with van der Waals surface area (Å²) < 4.78 is 8.12. The summed E-state index contributed by atoms with van der Waals surface area (Å²) in [5.74, 6) is 2.53. The third-order valence-electron chi connectivity index (χ3n) is 2.55. The average Bonchev–Trinajstić information content (AvgIpc) is 2.91. The van der Waals surface area contributed by atoms with Gasteiger partial charge >= 0.3 is 0 Å². The van der Waals surface area contributed by atoms with Crippen LogP contribution in [0.15, 0.2) is 10.6 Å². The smallest absolute Gasteiger partial charge is 0.214 e. The van der Waals surface area contributed by atoms with Gasteiger partial charge in [0.05, 0.1) is 6.20 Å². The van der Waals surface area contributed by atoms with E-state index >= 15 is 0 Å². The third kappa shape index (κ3) is 2.63. The monoisotopic (exact) mass is 252 g/mol. The molecule has 0 radical (unpaired) electrons. The molecule has 0 bridgehead atoms. The molecule has 0 saturated heterocycles. The molecule has 0 saturated carbocycles. The summed E-state index contributed by atoms with van der Waals surface area (Å²) in [5, 5.41) is 7.01. The van der Waals surface area contributed by atoms with Crippen molar-refractivity contribution in [3.8, 4) is 0 Å². The molecule has 6 heteroatoms. The zero-order valence-corrected chi connectivity index (χ0v) is 10.9. The van der Waals surface area contributed by atoms with Crippen LogP contribution in [0.5, 0.6) is 0 Å². The van der Waals surface area contributed by atoms with Crippen LogP contribution in [0.3, 0.4) is 0 Å². The fourth-order valence-corrected chi connectivity index (χ4v) is 1.86. The molecule has 5 nitrogen and oxygen atoms in total. The predicted molar refractivity (Wildman–Crippen MR) is 66.4 cm³/mol. The van der Waals surface area contributed by atoms with Crippen LogP contribution in [0.2, 0.25) is 0 Å². The fraction of sp³-hybridized carbons (Fsp3) is 0.545. The SMILES string of the molecule is CCCc1n[nH]c(=S)n1Cc1ncc(CC)o1. The zero-order chi connectivity index (χ0) is 12.3. The highest BCUT2D eigenvalue weighted by Gasteiger charge is 2.09. The molecular formula is C11H16N4OS. The maximum absolute atomic E-state index is 5.57. The summed E-state index contributed by atoms with van der Waals surface area (Å²) in [6, 6.07) is 0. The van der Waals surface area contributed by atoms with Gasteiger partial charge in [0.2, 0.25) is 5.89 Å². The van der Waals surface area contributed by atoms with Crippen LogP contribution in [-0.4, -0.2) is 19.7 Å². The molecule has 0 unspecified atom stereocenters. The summed E-state index contributed by atoms with van der Waals surface area (Å²) >= 11 is 5.20. The molecule has 2 heterocycles.